The van der Waals surface area contributed by atoms with E-state index in [-0.39, 0.29) is 0 Å². The summed E-state index contributed by atoms with van der Waals surface area (Å²) in [5, 5.41) is 14.7. The molecule has 30 heavy (non-hydrogen) atoms. The van der Waals surface area contributed by atoms with Gasteiger partial charge in [0, 0.05) is 5.70 Å². The molecule has 0 bridgehead atoms. The lowest BCUT2D eigenvalue weighted by Crippen LogP contribution is -2.31. The maximum atomic E-state index is 12.2. The van der Waals surface area contributed by atoms with Crippen molar-refractivity contribution in [2.75, 3.05) is 12.4 Å². The molecule has 3 N–H and O–H groups in total. The first-order chi connectivity index (χ1) is 14.5. The lowest BCUT2D eigenvalue weighted by molar-refractivity contribution is -0.115. The van der Waals surface area contributed by atoms with Gasteiger partial charge in [-0.15, -0.1) is 0 Å². The van der Waals surface area contributed by atoms with Gasteiger partial charge in [-0.1, -0.05) is 41.0 Å². The molecule has 2 aromatic carbocycles. The zero-order valence-electron chi connectivity index (χ0n) is 16.9. The maximum Gasteiger partial charge on any atom is 0.248 e. The number of nitrogens with two attached hydrogens (primary N) is 1. The summed E-state index contributed by atoms with van der Waals surface area (Å²) < 4.78 is 13.0. The summed E-state index contributed by atoms with van der Waals surface area (Å²) in [5.74, 6) is 1.01. The molecule has 4 rings (SSSR count). The summed E-state index contributed by atoms with van der Waals surface area (Å²) in [6.45, 7) is 4.22. The van der Waals surface area contributed by atoms with Gasteiger partial charge in [0.05, 0.1) is 12.7 Å². The highest BCUT2D eigenvalue weighted by atomic mass is 16.5. The molecule has 9 heteroatoms. The molecule has 0 aliphatic carbocycles. The van der Waals surface area contributed by atoms with E-state index in [0.717, 1.165) is 11.1 Å². The standard InChI is InChI=1S/C21H22N6O3/c1-12-4-6-14(7-5-12)11-30-16-9-8-15(10-17(16)29-3)19-18(20(22)28)13(2)23-21-24-25-26-27(19)21/h4-10,19H,11H2,1-3H3,(H2,22,28)(H,23,24,26). The number of hydrogen-bond acceptors (Lipinski definition) is 7. The fourth-order valence-electron chi connectivity index (χ4n) is 3.46. The highest BCUT2D eigenvalue weighted by Crippen LogP contribution is 2.38. The van der Waals surface area contributed by atoms with Gasteiger partial charge in [-0.2, -0.15) is 4.68 Å². The van der Waals surface area contributed by atoms with Crippen molar-refractivity contribution in [3.05, 3.63) is 70.4 Å². The summed E-state index contributed by atoms with van der Waals surface area (Å²) in [7, 11) is 1.57. The van der Waals surface area contributed by atoms with Crippen molar-refractivity contribution in [1.29, 1.82) is 0 Å². The number of carbonyl (C=O) groups is 1. The third kappa shape index (κ3) is 3.57. The topological polar surface area (TPSA) is 117 Å². The van der Waals surface area contributed by atoms with Crippen molar-refractivity contribution in [1.82, 2.24) is 20.2 Å². The van der Waals surface area contributed by atoms with Crippen LogP contribution in [0.25, 0.3) is 0 Å². The van der Waals surface area contributed by atoms with Crippen molar-refractivity contribution >= 4 is 11.9 Å². The second-order valence-electron chi connectivity index (χ2n) is 7.06. The number of nitrogens with zero attached hydrogens (tertiary/aromatic N) is 4. The Morgan fingerprint density at radius 1 is 1.17 bits per heavy atom. The SMILES string of the molecule is COc1cc(C2C(C(N)=O)=C(C)Nc3nnnn32)ccc1OCc1ccc(C)cc1. The summed E-state index contributed by atoms with van der Waals surface area (Å²) in [6.07, 6.45) is 0. The Labute approximate surface area is 173 Å². The molecular formula is C21H22N6O3. The Kier molecular flexibility index (Phi) is 5.09. The van der Waals surface area contributed by atoms with Crippen molar-refractivity contribution in [2.24, 2.45) is 5.73 Å². The number of benzene rings is 2. The summed E-state index contributed by atoms with van der Waals surface area (Å²) in [4.78, 5) is 12.2. The van der Waals surface area contributed by atoms with Crippen LogP contribution in [0.4, 0.5) is 5.95 Å². The lowest BCUT2D eigenvalue weighted by atomic mass is 9.95. The molecule has 9 nitrogen and oxygen atoms in total. The fraction of sp³-hybridized carbons (Fsp3) is 0.238. The van der Waals surface area contributed by atoms with Gasteiger partial charge in [-0.3, -0.25) is 4.79 Å². The van der Waals surface area contributed by atoms with E-state index in [1.807, 2.05) is 49.4 Å². The number of fused-ring (bicyclic) bond motifs is 1. The predicted octanol–water partition coefficient (Wildman–Crippen LogP) is 2.34. The highest BCUT2D eigenvalue weighted by Gasteiger charge is 2.33. The van der Waals surface area contributed by atoms with Crippen molar-refractivity contribution < 1.29 is 14.3 Å². The van der Waals surface area contributed by atoms with Crippen LogP contribution in [0.5, 0.6) is 11.5 Å². The van der Waals surface area contributed by atoms with Crippen molar-refractivity contribution in [3.63, 3.8) is 0 Å². The van der Waals surface area contributed by atoms with Crippen LogP contribution in [-0.2, 0) is 11.4 Å². The fourth-order valence-corrected chi connectivity index (χ4v) is 3.46. The Balaban J connectivity index is 1.66. The number of amides is 1. The number of ether oxygens (including phenoxy) is 2. The molecule has 3 aromatic rings. The van der Waals surface area contributed by atoms with E-state index < -0.39 is 11.9 Å². The molecular weight excluding hydrogens is 384 g/mol. The third-order valence-electron chi connectivity index (χ3n) is 5.00. The van der Waals surface area contributed by atoms with Crippen LogP contribution in [0.15, 0.2) is 53.7 Å². The average Bonchev–Trinajstić information content (AvgIpc) is 3.20. The number of rotatable bonds is 6. The molecule has 0 saturated carbocycles. The van der Waals surface area contributed by atoms with Crippen LogP contribution in [0.3, 0.4) is 0 Å². The Bertz CT molecular complexity index is 1120. The Morgan fingerprint density at radius 2 is 1.93 bits per heavy atom. The predicted molar refractivity (Wildman–Crippen MR) is 110 cm³/mol. The second-order valence-corrected chi connectivity index (χ2v) is 7.06. The largest absolute Gasteiger partial charge is 0.493 e. The number of hydrogen-bond donors (Lipinski definition) is 2. The van der Waals surface area contributed by atoms with E-state index in [0.29, 0.717) is 35.3 Å². The van der Waals surface area contributed by atoms with E-state index in [2.05, 4.69) is 20.8 Å². The average molecular weight is 406 g/mol. The molecule has 0 radical (unpaired) electrons. The van der Waals surface area contributed by atoms with Crippen molar-refractivity contribution in [2.45, 2.75) is 26.5 Å². The first-order valence-corrected chi connectivity index (χ1v) is 9.39. The van der Waals surface area contributed by atoms with Crippen LogP contribution in [-0.4, -0.2) is 33.2 Å². The number of aryl methyl sites for hydroxylation is 1. The van der Waals surface area contributed by atoms with Crippen LogP contribution >= 0.6 is 0 Å². The van der Waals surface area contributed by atoms with Gasteiger partial charge in [-0.25, -0.2) is 0 Å². The zero-order chi connectivity index (χ0) is 21.3. The van der Waals surface area contributed by atoms with E-state index in [9.17, 15) is 4.79 Å². The minimum atomic E-state index is -0.575. The van der Waals surface area contributed by atoms with Gasteiger partial charge >= 0.3 is 0 Å². The van der Waals surface area contributed by atoms with Crippen molar-refractivity contribution in [3.8, 4) is 11.5 Å². The number of primary amides is 1. The quantitative estimate of drug-likeness (QED) is 0.645. The normalized spacial score (nSPS) is 15.4. The number of allylic oxidation sites excluding steroid dienone is 1. The second kappa shape index (κ2) is 7.86. The zero-order valence-corrected chi connectivity index (χ0v) is 16.9. The number of tetrazole rings is 1. The minimum Gasteiger partial charge on any atom is -0.493 e. The van der Waals surface area contributed by atoms with Gasteiger partial charge in [-0.05, 0) is 47.5 Å². The van der Waals surface area contributed by atoms with E-state index in [1.54, 1.807) is 14.0 Å². The molecule has 1 unspecified atom stereocenters. The first kappa shape index (κ1) is 19.4. The highest BCUT2D eigenvalue weighted by molar-refractivity contribution is 5.95. The lowest BCUT2D eigenvalue weighted by Gasteiger charge is -2.27. The number of methoxy groups -OCH3 is 1. The van der Waals surface area contributed by atoms with Gasteiger partial charge in [0.25, 0.3) is 0 Å². The van der Waals surface area contributed by atoms with Crippen LogP contribution in [0.1, 0.15) is 29.7 Å². The Morgan fingerprint density at radius 3 is 2.63 bits per heavy atom. The first-order valence-electron chi connectivity index (χ1n) is 9.39. The number of aromatic nitrogens is 4. The summed E-state index contributed by atoms with van der Waals surface area (Å²) in [5.41, 5.74) is 9.64. The van der Waals surface area contributed by atoms with E-state index in [1.165, 1.54) is 10.2 Å². The third-order valence-corrected chi connectivity index (χ3v) is 5.00. The molecule has 1 aliphatic heterocycles. The molecule has 1 aliphatic rings. The number of carbonyl (C=O) groups excluding carboxylic acids is 1. The minimum absolute atomic E-state index is 0.380. The van der Waals surface area contributed by atoms with Gasteiger partial charge in [0.2, 0.25) is 11.9 Å². The van der Waals surface area contributed by atoms with Gasteiger partial charge < -0.3 is 20.5 Å². The van der Waals surface area contributed by atoms with Gasteiger partial charge in [0.1, 0.15) is 12.6 Å². The molecule has 0 saturated heterocycles. The number of anilines is 1. The smallest absolute Gasteiger partial charge is 0.248 e. The molecule has 0 spiro atoms. The summed E-state index contributed by atoms with van der Waals surface area (Å²) >= 11 is 0. The molecule has 2 heterocycles. The molecule has 154 valence electrons. The monoisotopic (exact) mass is 406 g/mol. The molecule has 1 aromatic heterocycles. The number of nitrogens with one attached hydrogen (secondary N) is 1. The van der Waals surface area contributed by atoms with E-state index >= 15 is 0 Å². The molecule has 1 amide bonds. The van der Waals surface area contributed by atoms with E-state index in [4.69, 9.17) is 15.2 Å². The van der Waals surface area contributed by atoms with Crippen LogP contribution in [0.2, 0.25) is 0 Å². The molecule has 0 fully saturated rings. The van der Waals surface area contributed by atoms with Crippen LogP contribution < -0.4 is 20.5 Å². The maximum absolute atomic E-state index is 12.2. The van der Waals surface area contributed by atoms with Gasteiger partial charge in [0.15, 0.2) is 11.5 Å². The summed E-state index contributed by atoms with van der Waals surface area (Å²) in [6, 6.07) is 13.0. The van der Waals surface area contributed by atoms with Crippen LogP contribution in [0, 0.1) is 6.92 Å². The molecule has 1 atom stereocenters. The Hall–Kier alpha value is -3.88.